The number of pyridine rings is 1. The molecule has 0 aromatic carbocycles. The first-order valence-corrected chi connectivity index (χ1v) is 11.4. The maximum atomic E-state index is 12.5. The van der Waals surface area contributed by atoms with E-state index in [1.807, 2.05) is 19.1 Å². The van der Waals surface area contributed by atoms with Gasteiger partial charge in [-0.3, -0.25) is 19.1 Å². The van der Waals surface area contributed by atoms with Crippen LogP contribution in [-0.4, -0.2) is 45.5 Å². The van der Waals surface area contributed by atoms with Gasteiger partial charge in [0, 0.05) is 30.7 Å². The number of amides is 1. The molecule has 4 heterocycles. The Balaban J connectivity index is 1.44. The van der Waals surface area contributed by atoms with Crippen molar-refractivity contribution in [2.24, 2.45) is 0 Å². The Morgan fingerprint density at radius 3 is 2.68 bits per heavy atom. The SMILES string of the molecule is CCn1c(=O)[nH]c2cc(CN3CCC(c4ccc(C(=O)NC)nc4C)CC3)sc2c1=O. The molecule has 2 N–H and O–H groups in total. The fourth-order valence-electron chi connectivity index (χ4n) is 4.34. The number of rotatable bonds is 5. The van der Waals surface area contributed by atoms with Crippen LogP contribution in [0.4, 0.5) is 0 Å². The Kier molecular flexibility index (Phi) is 6.06. The van der Waals surface area contributed by atoms with E-state index in [2.05, 4.69) is 20.2 Å². The number of fused-ring (bicyclic) bond motifs is 1. The zero-order chi connectivity index (χ0) is 22.1. The number of hydrogen-bond donors (Lipinski definition) is 2. The van der Waals surface area contributed by atoms with E-state index in [1.54, 1.807) is 20.0 Å². The number of nitrogens with zero attached hydrogens (tertiary/aromatic N) is 3. The minimum Gasteiger partial charge on any atom is -0.354 e. The number of carbonyl (C=O) groups excluding carboxylic acids is 1. The molecule has 3 aromatic heterocycles. The largest absolute Gasteiger partial charge is 0.354 e. The summed E-state index contributed by atoms with van der Waals surface area (Å²) in [6.07, 6.45) is 2.04. The second-order valence-electron chi connectivity index (χ2n) is 7.94. The fourth-order valence-corrected chi connectivity index (χ4v) is 5.44. The third-order valence-electron chi connectivity index (χ3n) is 6.02. The van der Waals surface area contributed by atoms with E-state index in [0.717, 1.165) is 43.0 Å². The lowest BCUT2D eigenvalue weighted by atomic mass is 9.88. The summed E-state index contributed by atoms with van der Waals surface area (Å²) < 4.78 is 1.85. The van der Waals surface area contributed by atoms with Crippen LogP contribution in [0, 0.1) is 6.92 Å². The van der Waals surface area contributed by atoms with E-state index in [1.165, 1.54) is 21.5 Å². The molecule has 1 saturated heterocycles. The lowest BCUT2D eigenvalue weighted by Crippen LogP contribution is -2.33. The van der Waals surface area contributed by atoms with Crippen molar-refractivity contribution in [1.29, 1.82) is 0 Å². The molecule has 1 aliphatic rings. The molecule has 4 rings (SSSR count). The summed E-state index contributed by atoms with van der Waals surface area (Å²) in [5.41, 5.74) is 2.65. The zero-order valence-electron chi connectivity index (χ0n) is 18.0. The molecule has 31 heavy (non-hydrogen) atoms. The van der Waals surface area contributed by atoms with Crippen LogP contribution in [0.2, 0.25) is 0 Å². The first-order valence-electron chi connectivity index (χ1n) is 10.6. The summed E-state index contributed by atoms with van der Waals surface area (Å²) in [5, 5.41) is 2.61. The lowest BCUT2D eigenvalue weighted by molar-refractivity contribution is 0.0958. The molecule has 1 aliphatic heterocycles. The molecule has 0 spiro atoms. The van der Waals surface area contributed by atoms with Gasteiger partial charge < -0.3 is 10.3 Å². The fraction of sp³-hybridized carbons (Fsp3) is 0.455. The predicted octanol–water partition coefficient (Wildman–Crippen LogP) is 2.21. The molecule has 0 bridgehead atoms. The van der Waals surface area contributed by atoms with Gasteiger partial charge in [0.2, 0.25) is 0 Å². The van der Waals surface area contributed by atoms with Gasteiger partial charge >= 0.3 is 5.69 Å². The van der Waals surface area contributed by atoms with E-state index in [0.29, 0.717) is 28.4 Å². The molecule has 1 amide bonds. The second-order valence-corrected chi connectivity index (χ2v) is 9.07. The number of hydrogen-bond acceptors (Lipinski definition) is 6. The van der Waals surface area contributed by atoms with Gasteiger partial charge in [0.1, 0.15) is 10.4 Å². The van der Waals surface area contributed by atoms with Crippen LogP contribution >= 0.6 is 11.3 Å². The molecule has 0 aliphatic carbocycles. The summed E-state index contributed by atoms with van der Waals surface area (Å²) in [6, 6.07) is 5.77. The van der Waals surface area contributed by atoms with Gasteiger partial charge in [0.25, 0.3) is 11.5 Å². The summed E-state index contributed by atoms with van der Waals surface area (Å²) in [7, 11) is 1.61. The molecule has 0 atom stereocenters. The predicted molar refractivity (Wildman–Crippen MR) is 122 cm³/mol. The molecule has 0 unspecified atom stereocenters. The smallest absolute Gasteiger partial charge is 0.328 e. The van der Waals surface area contributed by atoms with E-state index in [9.17, 15) is 14.4 Å². The topological polar surface area (TPSA) is 100 Å². The highest BCUT2D eigenvalue weighted by molar-refractivity contribution is 7.18. The highest BCUT2D eigenvalue weighted by atomic mass is 32.1. The van der Waals surface area contributed by atoms with Gasteiger partial charge in [0.15, 0.2) is 0 Å². The van der Waals surface area contributed by atoms with Gasteiger partial charge in [-0.05, 0) is 63.4 Å². The number of nitrogens with one attached hydrogen (secondary N) is 2. The number of thiophene rings is 1. The Labute approximate surface area is 183 Å². The van der Waals surface area contributed by atoms with Crippen molar-refractivity contribution in [3.05, 3.63) is 60.9 Å². The van der Waals surface area contributed by atoms with Gasteiger partial charge in [-0.25, -0.2) is 9.78 Å². The standard InChI is InChI=1S/C22H27N5O3S/c1-4-27-21(29)19-18(25-22(27)30)11-15(31-19)12-26-9-7-14(8-10-26)16-5-6-17(20(28)23-3)24-13(16)2/h5-6,11,14H,4,7-10,12H2,1-3H3,(H,23,28)(H,25,30). The van der Waals surface area contributed by atoms with Crippen molar-refractivity contribution < 1.29 is 4.79 Å². The molecule has 0 radical (unpaired) electrons. The van der Waals surface area contributed by atoms with Crippen LogP contribution in [-0.2, 0) is 13.1 Å². The number of carbonyl (C=O) groups is 1. The van der Waals surface area contributed by atoms with Crippen molar-refractivity contribution in [3.63, 3.8) is 0 Å². The van der Waals surface area contributed by atoms with E-state index in [4.69, 9.17) is 0 Å². The number of aryl methyl sites for hydroxylation is 1. The van der Waals surface area contributed by atoms with Crippen LogP contribution < -0.4 is 16.6 Å². The molecule has 1 fully saturated rings. The van der Waals surface area contributed by atoms with Gasteiger partial charge in [-0.1, -0.05) is 6.07 Å². The molecular weight excluding hydrogens is 414 g/mol. The number of piperidine rings is 1. The van der Waals surface area contributed by atoms with Crippen LogP contribution in [0.1, 0.15) is 52.3 Å². The monoisotopic (exact) mass is 441 g/mol. The Bertz CT molecular complexity index is 1230. The number of likely N-dealkylation sites (tertiary alicyclic amines) is 1. The highest BCUT2D eigenvalue weighted by Crippen LogP contribution is 2.31. The van der Waals surface area contributed by atoms with Crippen molar-refractivity contribution in [2.45, 2.75) is 45.7 Å². The number of aromatic amines is 1. The highest BCUT2D eigenvalue weighted by Gasteiger charge is 2.23. The van der Waals surface area contributed by atoms with Gasteiger partial charge in [0.05, 0.1) is 5.52 Å². The first-order chi connectivity index (χ1) is 14.9. The quantitative estimate of drug-likeness (QED) is 0.632. The summed E-state index contributed by atoms with van der Waals surface area (Å²) >= 11 is 1.47. The van der Waals surface area contributed by atoms with Crippen molar-refractivity contribution in [3.8, 4) is 0 Å². The maximum absolute atomic E-state index is 12.5. The van der Waals surface area contributed by atoms with E-state index in [-0.39, 0.29) is 17.2 Å². The molecule has 9 heteroatoms. The number of H-pyrrole nitrogens is 1. The minimum atomic E-state index is -0.350. The molecule has 0 saturated carbocycles. The number of aromatic nitrogens is 3. The third-order valence-corrected chi connectivity index (χ3v) is 7.13. The van der Waals surface area contributed by atoms with Crippen molar-refractivity contribution in [2.75, 3.05) is 20.1 Å². The lowest BCUT2D eigenvalue weighted by Gasteiger charge is -2.32. The van der Waals surface area contributed by atoms with Crippen LogP contribution in [0.3, 0.4) is 0 Å². The summed E-state index contributed by atoms with van der Waals surface area (Å²) in [5.74, 6) is 0.262. The van der Waals surface area contributed by atoms with Gasteiger partial charge in [-0.2, -0.15) is 0 Å². The average molecular weight is 442 g/mol. The zero-order valence-corrected chi connectivity index (χ0v) is 18.8. The second kappa shape index (κ2) is 8.76. The molecule has 164 valence electrons. The first kappa shape index (κ1) is 21.5. The van der Waals surface area contributed by atoms with E-state index >= 15 is 0 Å². The minimum absolute atomic E-state index is 0.167. The van der Waals surface area contributed by atoms with Gasteiger partial charge in [-0.15, -0.1) is 11.3 Å². The summed E-state index contributed by atoms with van der Waals surface area (Å²) in [4.78, 5) is 47.1. The summed E-state index contributed by atoms with van der Waals surface area (Å²) in [6.45, 7) is 6.80. The van der Waals surface area contributed by atoms with Crippen molar-refractivity contribution >= 4 is 27.5 Å². The van der Waals surface area contributed by atoms with E-state index < -0.39 is 0 Å². The van der Waals surface area contributed by atoms with Crippen LogP contribution in [0.15, 0.2) is 27.8 Å². The Morgan fingerprint density at radius 2 is 2.03 bits per heavy atom. The molecular formula is C22H27N5O3S. The molecule has 8 nitrogen and oxygen atoms in total. The average Bonchev–Trinajstić information content (AvgIpc) is 3.16. The normalized spacial score (nSPS) is 15.5. The Morgan fingerprint density at radius 1 is 1.29 bits per heavy atom. The molecule has 3 aromatic rings. The van der Waals surface area contributed by atoms with Crippen molar-refractivity contribution in [1.82, 2.24) is 24.8 Å². The maximum Gasteiger partial charge on any atom is 0.328 e. The third kappa shape index (κ3) is 4.20. The van der Waals surface area contributed by atoms with Crippen LogP contribution in [0.5, 0.6) is 0 Å². The Hall–Kier alpha value is -2.78. The van der Waals surface area contributed by atoms with Crippen LogP contribution in [0.25, 0.3) is 10.2 Å².